The van der Waals surface area contributed by atoms with Gasteiger partial charge in [0.1, 0.15) is 0 Å². The summed E-state index contributed by atoms with van der Waals surface area (Å²) in [4.78, 5) is 18.2. The van der Waals surface area contributed by atoms with E-state index in [9.17, 15) is 4.79 Å². The molecule has 6 heteroatoms. The number of likely N-dealkylation sites (tertiary alicyclic amines) is 1. The topological polar surface area (TPSA) is 58.4 Å². The smallest absolute Gasteiger partial charge is 0.233 e. The Morgan fingerprint density at radius 3 is 2.79 bits per heavy atom. The predicted octanol–water partition coefficient (Wildman–Crippen LogP) is 1.26. The number of piperidine rings is 1. The van der Waals surface area contributed by atoms with Crippen molar-refractivity contribution in [2.45, 2.75) is 31.5 Å². The van der Waals surface area contributed by atoms with Crippen LogP contribution < -0.4 is 0 Å². The second-order valence-electron chi connectivity index (χ2n) is 5.10. The molecule has 106 valence electrons. The van der Waals surface area contributed by atoms with E-state index in [2.05, 4.69) is 11.9 Å². The maximum Gasteiger partial charge on any atom is 0.233 e. The highest BCUT2D eigenvalue weighted by molar-refractivity contribution is 7.99. The first-order valence-electron chi connectivity index (χ1n) is 6.64. The Balaban J connectivity index is 1.84. The third kappa shape index (κ3) is 3.51. The largest absolute Gasteiger partial charge is 0.390 e. The molecule has 0 saturated carbocycles. The first-order chi connectivity index (χ1) is 9.11. The summed E-state index contributed by atoms with van der Waals surface area (Å²) < 4.78 is 1.83. The number of aliphatic hydroxyl groups is 1. The van der Waals surface area contributed by atoms with Crippen molar-refractivity contribution < 1.29 is 9.90 Å². The van der Waals surface area contributed by atoms with Gasteiger partial charge >= 0.3 is 0 Å². The molecule has 1 N–H and O–H groups in total. The van der Waals surface area contributed by atoms with Crippen LogP contribution in [0, 0.1) is 5.92 Å². The average molecular weight is 283 g/mol. The van der Waals surface area contributed by atoms with Crippen molar-refractivity contribution in [2.24, 2.45) is 13.0 Å². The molecule has 0 aliphatic carbocycles. The number of aliphatic hydroxyl groups excluding tert-OH is 1. The van der Waals surface area contributed by atoms with Crippen molar-refractivity contribution in [1.29, 1.82) is 0 Å². The van der Waals surface area contributed by atoms with Crippen LogP contribution in [-0.4, -0.2) is 44.3 Å². The van der Waals surface area contributed by atoms with Gasteiger partial charge < -0.3 is 14.6 Å². The number of imidazole rings is 1. The van der Waals surface area contributed by atoms with E-state index in [0.717, 1.165) is 42.7 Å². The van der Waals surface area contributed by atoms with Crippen LogP contribution in [0.2, 0.25) is 0 Å². The Kier molecular flexibility index (Phi) is 4.87. The van der Waals surface area contributed by atoms with Gasteiger partial charge in [-0.25, -0.2) is 4.98 Å². The van der Waals surface area contributed by atoms with Crippen LogP contribution in [0.5, 0.6) is 0 Å². The molecule has 1 aliphatic heterocycles. The SMILES string of the molecule is CC1CCN(C(=O)CSc2ncc(CO)n2C)CC1. The van der Waals surface area contributed by atoms with E-state index >= 15 is 0 Å². The van der Waals surface area contributed by atoms with E-state index in [4.69, 9.17) is 5.11 Å². The lowest BCUT2D eigenvalue weighted by molar-refractivity contribution is -0.129. The van der Waals surface area contributed by atoms with Gasteiger partial charge in [-0.2, -0.15) is 0 Å². The Bertz CT molecular complexity index is 439. The molecule has 1 aliphatic rings. The summed E-state index contributed by atoms with van der Waals surface area (Å²) in [6.45, 7) is 3.97. The Morgan fingerprint density at radius 1 is 1.53 bits per heavy atom. The number of hydrogen-bond donors (Lipinski definition) is 1. The highest BCUT2D eigenvalue weighted by Gasteiger charge is 2.20. The first kappa shape index (κ1) is 14.4. The van der Waals surface area contributed by atoms with E-state index < -0.39 is 0 Å². The highest BCUT2D eigenvalue weighted by Crippen LogP contribution is 2.20. The lowest BCUT2D eigenvalue weighted by atomic mass is 9.99. The van der Waals surface area contributed by atoms with Crippen LogP contribution in [-0.2, 0) is 18.4 Å². The Hall–Kier alpha value is -1.01. The number of nitrogens with zero attached hydrogens (tertiary/aromatic N) is 3. The molecule has 2 rings (SSSR count). The zero-order chi connectivity index (χ0) is 13.8. The second kappa shape index (κ2) is 6.43. The van der Waals surface area contributed by atoms with Crippen molar-refractivity contribution in [2.75, 3.05) is 18.8 Å². The van der Waals surface area contributed by atoms with Crippen molar-refractivity contribution in [1.82, 2.24) is 14.5 Å². The summed E-state index contributed by atoms with van der Waals surface area (Å²) in [6, 6.07) is 0. The van der Waals surface area contributed by atoms with E-state index in [1.165, 1.54) is 11.8 Å². The van der Waals surface area contributed by atoms with Crippen LogP contribution in [0.4, 0.5) is 0 Å². The highest BCUT2D eigenvalue weighted by atomic mass is 32.2. The number of carbonyl (C=O) groups excluding carboxylic acids is 1. The fourth-order valence-corrected chi connectivity index (χ4v) is 3.06. The van der Waals surface area contributed by atoms with Crippen LogP contribution >= 0.6 is 11.8 Å². The predicted molar refractivity (Wildman–Crippen MR) is 74.8 cm³/mol. The Labute approximate surface area is 118 Å². The summed E-state index contributed by atoms with van der Waals surface area (Å²) in [5, 5.41) is 9.87. The molecule has 2 heterocycles. The minimum atomic E-state index is -0.0258. The molecule has 0 aromatic carbocycles. The van der Waals surface area contributed by atoms with Gasteiger partial charge in [0.05, 0.1) is 24.3 Å². The van der Waals surface area contributed by atoms with Crippen LogP contribution in [0.15, 0.2) is 11.4 Å². The molecule has 1 fully saturated rings. The molecule has 0 radical (unpaired) electrons. The summed E-state index contributed by atoms with van der Waals surface area (Å²) in [5.74, 6) is 1.34. The van der Waals surface area contributed by atoms with Gasteiger partial charge in [0.15, 0.2) is 5.16 Å². The summed E-state index contributed by atoms with van der Waals surface area (Å²) in [7, 11) is 1.86. The number of aromatic nitrogens is 2. The number of carbonyl (C=O) groups is 1. The molecular weight excluding hydrogens is 262 g/mol. The normalized spacial score (nSPS) is 16.9. The third-order valence-corrected chi connectivity index (χ3v) is 4.69. The Morgan fingerprint density at radius 2 is 2.21 bits per heavy atom. The molecule has 0 spiro atoms. The molecule has 1 aromatic heterocycles. The van der Waals surface area contributed by atoms with Gasteiger partial charge in [-0.05, 0) is 18.8 Å². The van der Waals surface area contributed by atoms with Gasteiger partial charge in [0.2, 0.25) is 5.91 Å². The zero-order valence-corrected chi connectivity index (χ0v) is 12.3. The molecule has 0 atom stereocenters. The average Bonchev–Trinajstić information content (AvgIpc) is 2.77. The molecule has 0 unspecified atom stereocenters. The van der Waals surface area contributed by atoms with E-state index in [0.29, 0.717) is 5.75 Å². The minimum Gasteiger partial charge on any atom is -0.390 e. The number of thioether (sulfide) groups is 1. The van der Waals surface area contributed by atoms with Crippen molar-refractivity contribution in [3.05, 3.63) is 11.9 Å². The molecule has 1 saturated heterocycles. The van der Waals surface area contributed by atoms with Crippen LogP contribution in [0.25, 0.3) is 0 Å². The van der Waals surface area contributed by atoms with Crippen LogP contribution in [0.1, 0.15) is 25.5 Å². The molecule has 19 heavy (non-hydrogen) atoms. The van der Waals surface area contributed by atoms with Gasteiger partial charge in [-0.3, -0.25) is 4.79 Å². The standard InChI is InChI=1S/C13H21N3O2S/c1-10-3-5-16(6-4-10)12(18)9-19-13-14-7-11(8-17)15(13)2/h7,10,17H,3-6,8-9H2,1-2H3. The van der Waals surface area contributed by atoms with E-state index in [1.807, 2.05) is 16.5 Å². The van der Waals surface area contributed by atoms with Crippen molar-refractivity contribution in [3.8, 4) is 0 Å². The minimum absolute atomic E-state index is 0.0258. The first-order valence-corrected chi connectivity index (χ1v) is 7.62. The summed E-state index contributed by atoms with van der Waals surface area (Å²) >= 11 is 1.44. The number of amides is 1. The van der Waals surface area contributed by atoms with Crippen LogP contribution in [0.3, 0.4) is 0 Å². The maximum atomic E-state index is 12.1. The lowest BCUT2D eigenvalue weighted by Crippen LogP contribution is -2.38. The fourth-order valence-electron chi connectivity index (χ4n) is 2.18. The van der Waals surface area contributed by atoms with Crippen molar-refractivity contribution >= 4 is 17.7 Å². The van der Waals surface area contributed by atoms with Gasteiger partial charge in [0, 0.05) is 20.1 Å². The fraction of sp³-hybridized carbons (Fsp3) is 0.692. The second-order valence-corrected chi connectivity index (χ2v) is 6.04. The monoisotopic (exact) mass is 283 g/mol. The number of rotatable bonds is 4. The molecule has 1 aromatic rings. The summed E-state index contributed by atoms with van der Waals surface area (Å²) in [5.41, 5.74) is 0.766. The number of hydrogen-bond acceptors (Lipinski definition) is 4. The molecule has 5 nitrogen and oxygen atoms in total. The van der Waals surface area contributed by atoms with Gasteiger partial charge in [-0.1, -0.05) is 18.7 Å². The van der Waals surface area contributed by atoms with E-state index in [-0.39, 0.29) is 12.5 Å². The van der Waals surface area contributed by atoms with Crippen molar-refractivity contribution in [3.63, 3.8) is 0 Å². The lowest BCUT2D eigenvalue weighted by Gasteiger charge is -2.30. The zero-order valence-electron chi connectivity index (χ0n) is 11.5. The molecular formula is C13H21N3O2S. The summed E-state index contributed by atoms with van der Waals surface area (Å²) in [6.07, 6.45) is 3.86. The van der Waals surface area contributed by atoms with Gasteiger partial charge in [-0.15, -0.1) is 0 Å². The van der Waals surface area contributed by atoms with E-state index in [1.54, 1.807) is 6.20 Å². The third-order valence-electron chi connectivity index (χ3n) is 3.66. The van der Waals surface area contributed by atoms with Gasteiger partial charge in [0.25, 0.3) is 0 Å². The quantitative estimate of drug-likeness (QED) is 0.845. The maximum absolute atomic E-state index is 12.1. The molecule has 0 bridgehead atoms. The molecule has 1 amide bonds.